The minimum Gasteiger partial charge on any atom is -0.356 e. The van der Waals surface area contributed by atoms with Gasteiger partial charge in [-0.3, -0.25) is 4.79 Å². The summed E-state index contributed by atoms with van der Waals surface area (Å²) in [6.07, 6.45) is 5.81. The molecule has 0 aliphatic heterocycles. The van der Waals surface area contributed by atoms with E-state index in [9.17, 15) is 4.79 Å². The van der Waals surface area contributed by atoms with E-state index in [1.165, 1.54) is 0 Å². The van der Waals surface area contributed by atoms with Crippen LogP contribution in [0.15, 0.2) is 12.4 Å². The molecule has 0 saturated heterocycles. The van der Waals surface area contributed by atoms with Crippen LogP contribution in [0.2, 0.25) is 0 Å². The summed E-state index contributed by atoms with van der Waals surface area (Å²) in [7, 11) is 0. The average molecular weight is 224 g/mol. The Kier molecular flexibility index (Phi) is 5.56. The van der Waals surface area contributed by atoms with Crippen molar-refractivity contribution in [1.29, 1.82) is 0 Å². The molecule has 0 radical (unpaired) electrons. The zero-order chi connectivity index (χ0) is 11.8. The smallest absolute Gasteiger partial charge is 0.220 e. The molecule has 0 fully saturated rings. The third kappa shape index (κ3) is 4.93. The lowest BCUT2D eigenvalue weighted by molar-refractivity contribution is -0.121. The van der Waals surface area contributed by atoms with Crippen LogP contribution in [-0.4, -0.2) is 29.0 Å². The lowest BCUT2D eigenvalue weighted by Crippen LogP contribution is -2.28. The van der Waals surface area contributed by atoms with Gasteiger partial charge in [0.2, 0.25) is 5.91 Å². The third-order valence-corrected chi connectivity index (χ3v) is 2.40. The van der Waals surface area contributed by atoms with Gasteiger partial charge >= 0.3 is 0 Å². The highest BCUT2D eigenvalue weighted by molar-refractivity contribution is 5.76. The molecule has 0 saturated carbocycles. The summed E-state index contributed by atoms with van der Waals surface area (Å²) in [6, 6.07) is 0. The van der Waals surface area contributed by atoms with Gasteiger partial charge in [0.15, 0.2) is 0 Å². The maximum atomic E-state index is 11.4. The first kappa shape index (κ1) is 12.7. The Hall–Kier alpha value is -1.36. The van der Waals surface area contributed by atoms with Crippen molar-refractivity contribution in [2.24, 2.45) is 11.7 Å². The molecule has 0 aromatic carbocycles. The second-order valence-electron chi connectivity index (χ2n) is 4.03. The van der Waals surface area contributed by atoms with Crippen molar-refractivity contribution < 1.29 is 4.79 Å². The van der Waals surface area contributed by atoms with E-state index in [-0.39, 0.29) is 11.8 Å². The molecule has 90 valence electrons. The SMILES string of the molecule is CC(CN)CC(=O)NCCCc1ncc[nH]1. The molecule has 0 aliphatic rings. The maximum Gasteiger partial charge on any atom is 0.220 e. The normalized spacial score (nSPS) is 12.4. The lowest BCUT2D eigenvalue weighted by atomic mass is 10.1. The van der Waals surface area contributed by atoms with Crippen LogP contribution in [-0.2, 0) is 11.2 Å². The van der Waals surface area contributed by atoms with Gasteiger partial charge in [-0.1, -0.05) is 6.92 Å². The van der Waals surface area contributed by atoms with Gasteiger partial charge in [0, 0.05) is 31.8 Å². The average Bonchev–Trinajstić information content (AvgIpc) is 2.77. The van der Waals surface area contributed by atoms with Crippen LogP contribution in [0.25, 0.3) is 0 Å². The van der Waals surface area contributed by atoms with Crippen LogP contribution in [0.5, 0.6) is 0 Å². The Morgan fingerprint density at radius 1 is 1.69 bits per heavy atom. The van der Waals surface area contributed by atoms with Crippen LogP contribution in [0.4, 0.5) is 0 Å². The summed E-state index contributed by atoms with van der Waals surface area (Å²) in [5, 5.41) is 2.87. The number of aromatic amines is 1. The highest BCUT2D eigenvalue weighted by Gasteiger charge is 2.06. The van der Waals surface area contributed by atoms with Gasteiger partial charge in [-0.15, -0.1) is 0 Å². The van der Waals surface area contributed by atoms with E-state index in [0.29, 0.717) is 19.5 Å². The Morgan fingerprint density at radius 2 is 2.50 bits per heavy atom. The summed E-state index contributed by atoms with van der Waals surface area (Å²) in [6.45, 7) is 3.22. The van der Waals surface area contributed by atoms with Gasteiger partial charge in [0.05, 0.1) is 0 Å². The molecule has 0 spiro atoms. The van der Waals surface area contributed by atoms with E-state index in [4.69, 9.17) is 5.73 Å². The highest BCUT2D eigenvalue weighted by atomic mass is 16.1. The van der Waals surface area contributed by atoms with Gasteiger partial charge in [-0.25, -0.2) is 4.98 Å². The topological polar surface area (TPSA) is 83.8 Å². The monoisotopic (exact) mass is 224 g/mol. The number of carbonyl (C=O) groups is 1. The predicted molar refractivity (Wildman–Crippen MR) is 62.8 cm³/mol. The van der Waals surface area contributed by atoms with Crippen LogP contribution in [0, 0.1) is 5.92 Å². The van der Waals surface area contributed by atoms with Crippen molar-refractivity contribution in [2.45, 2.75) is 26.2 Å². The summed E-state index contributed by atoms with van der Waals surface area (Å²) in [4.78, 5) is 18.5. The zero-order valence-electron chi connectivity index (χ0n) is 9.70. The summed E-state index contributed by atoms with van der Waals surface area (Å²) < 4.78 is 0. The van der Waals surface area contributed by atoms with Gasteiger partial charge in [-0.05, 0) is 18.9 Å². The third-order valence-electron chi connectivity index (χ3n) is 2.40. The van der Waals surface area contributed by atoms with Gasteiger partial charge in [-0.2, -0.15) is 0 Å². The van der Waals surface area contributed by atoms with Gasteiger partial charge < -0.3 is 16.0 Å². The van der Waals surface area contributed by atoms with Crippen LogP contribution >= 0.6 is 0 Å². The number of hydrogen-bond acceptors (Lipinski definition) is 3. The number of nitrogens with two attached hydrogens (primary N) is 1. The van der Waals surface area contributed by atoms with Crippen LogP contribution in [0.3, 0.4) is 0 Å². The number of H-pyrrole nitrogens is 1. The predicted octanol–water partition coefficient (Wildman–Crippen LogP) is 0.443. The maximum absolute atomic E-state index is 11.4. The van der Waals surface area contributed by atoms with Gasteiger partial charge in [0.25, 0.3) is 0 Å². The Balaban J connectivity index is 2.04. The highest BCUT2D eigenvalue weighted by Crippen LogP contribution is 1.98. The van der Waals surface area contributed by atoms with Crippen molar-refractivity contribution in [3.63, 3.8) is 0 Å². The Bertz CT molecular complexity index is 297. The molecule has 1 aromatic heterocycles. The quantitative estimate of drug-likeness (QED) is 0.588. The summed E-state index contributed by atoms with van der Waals surface area (Å²) in [5.74, 6) is 1.30. The molecule has 5 nitrogen and oxygen atoms in total. The number of nitrogens with one attached hydrogen (secondary N) is 2. The fourth-order valence-corrected chi connectivity index (χ4v) is 1.39. The van der Waals surface area contributed by atoms with Gasteiger partial charge in [0.1, 0.15) is 5.82 Å². The van der Waals surface area contributed by atoms with Crippen LogP contribution < -0.4 is 11.1 Å². The number of carbonyl (C=O) groups excluding carboxylic acids is 1. The summed E-state index contributed by atoms with van der Waals surface area (Å²) in [5.41, 5.74) is 5.45. The number of aryl methyl sites for hydroxylation is 1. The van der Waals surface area contributed by atoms with E-state index in [1.807, 2.05) is 6.92 Å². The Morgan fingerprint density at radius 3 is 3.12 bits per heavy atom. The van der Waals surface area contributed by atoms with E-state index < -0.39 is 0 Å². The standard InChI is InChI=1S/C11H20N4O/c1-9(8-12)7-11(16)15-4-2-3-10-13-5-6-14-10/h5-6,9H,2-4,7-8,12H2,1H3,(H,13,14)(H,15,16). The molecule has 1 aromatic rings. The molecule has 1 rings (SSSR count). The number of amides is 1. The zero-order valence-corrected chi connectivity index (χ0v) is 9.70. The largest absolute Gasteiger partial charge is 0.356 e. The first-order chi connectivity index (χ1) is 7.72. The molecule has 0 aliphatic carbocycles. The second-order valence-corrected chi connectivity index (χ2v) is 4.03. The molecule has 16 heavy (non-hydrogen) atoms. The van der Waals surface area contributed by atoms with E-state index in [2.05, 4.69) is 15.3 Å². The fraction of sp³-hybridized carbons (Fsp3) is 0.636. The minimum absolute atomic E-state index is 0.0809. The van der Waals surface area contributed by atoms with Crippen molar-refractivity contribution in [1.82, 2.24) is 15.3 Å². The fourth-order valence-electron chi connectivity index (χ4n) is 1.39. The van der Waals surface area contributed by atoms with E-state index >= 15 is 0 Å². The van der Waals surface area contributed by atoms with Crippen molar-refractivity contribution >= 4 is 5.91 Å². The second kappa shape index (κ2) is 7.00. The van der Waals surface area contributed by atoms with Crippen molar-refractivity contribution in [2.75, 3.05) is 13.1 Å². The number of nitrogens with zero attached hydrogens (tertiary/aromatic N) is 1. The first-order valence-corrected chi connectivity index (χ1v) is 5.67. The molecular weight excluding hydrogens is 204 g/mol. The number of imidazole rings is 1. The van der Waals surface area contributed by atoms with Crippen LogP contribution in [0.1, 0.15) is 25.6 Å². The molecule has 0 bridgehead atoms. The minimum atomic E-state index is 0.0809. The summed E-state index contributed by atoms with van der Waals surface area (Å²) >= 11 is 0. The molecule has 4 N–H and O–H groups in total. The molecule has 1 amide bonds. The number of aromatic nitrogens is 2. The number of rotatable bonds is 7. The van der Waals surface area contributed by atoms with Crippen molar-refractivity contribution in [3.8, 4) is 0 Å². The van der Waals surface area contributed by atoms with Crippen molar-refractivity contribution in [3.05, 3.63) is 18.2 Å². The molecular formula is C11H20N4O. The Labute approximate surface area is 95.8 Å². The van der Waals surface area contributed by atoms with E-state index in [0.717, 1.165) is 18.7 Å². The molecule has 1 unspecified atom stereocenters. The molecule has 5 heteroatoms. The number of hydrogen-bond donors (Lipinski definition) is 3. The first-order valence-electron chi connectivity index (χ1n) is 5.67. The molecule has 1 heterocycles. The lowest BCUT2D eigenvalue weighted by Gasteiger charge is -2.08. The molecule has 1 atom stereocenters. The van der Waals surface area contributed by atoms with E-state index in [1.54, 1.807) is 12.4 Å².